The van der Waals surface area contributed by atoms with Crippen molar-refractivity contribution in [2.24, 2.45) is 20.0 Å². The van der Waals surface area contributed by atoms with Crippen molar-refractivity contribution in [1.29, 1.82) is 0 Å². The molecule has 3 rings (SSSR count). The van der Waals surface area contributed by atoms with Gasteiger partial charge in [0.05, 0.1) is 37.4 Å². The Bertz CT molecular complexity index is 1250. The molecule has 34 heavy (non-hydrogen) atoms. The number of carbonyl (C=O) groups is 1. The van der Waals surface area contributed by atoms with Gasteiger partial charge in [-0.25, -0.2) is 14.8 Å². The number of carbonyl (C=O) groups excluding carboxylic acids is 1. The fraction of sp³-hybridized carbons (Fsp3) is 0.179. The molecule has 0 aliphatic heterocycles. The van der Waals surface area contributed by atoms with Crippen molar-refractivity contribution in [2.45, 2.75) is 26.9 Å². The van der Waals surface area contributed by atoms with Gasteiger partial charge in [-0.3, -0.25) is 0 Å². The average Bonchev–Trinajstić information content (AvgIpc) is 2.86. The molecule has 0 aliphatic rings. The molecule has 0 radical (unpaired) electrons. The maximum absolute atomic E-state index is 12.4. The van der Waals surface area contributed by atoms with Crippen molar-refractivity contribution in [2.75, 3.05) is 6.61 Å². The van der Waals surface area contributed by atoms with E-state index in [1.54, 1.807) is 13.0 Å². The normalized spacial score (nSPS) is 10.5. The lowest BCUT2D eigenvalue weighted by Gasteiger charge is -2.04. The molecule has 0 spiro atoms. The van der Waals surface area contributed by atoms with Crippen LogP contribution in [0.5, 0.6) is 0 Å². The summed E-state index contributed by atoms with van der Waals surface area (Å²) in [5, 5.41) is 0. The van der Waals surface area contributed by atoms with E-state index in [9.17, 15) is 4.79 Å². The first-order valence-corrected chi connectivity index (χ1v) is 11.0. The summed E-state index contributed by atoms with van der Waals surface area (Å²) < 4.78 is 5.15. The lowest BCUT2D eigenvalue weighted by molar-refractivity contribution is -0.138. The number of benzene rings is 3. The molecule has 0 heterocycles. The van der Waals surface area contributed by atoms with Crippen LogP contribution in [0.1, 0.15) is 29.2 Å². The predicted octanol–water partition coefficient (Wildman–Crippen LogP) is 6.28. The second kappa shape index (κ2) is 13.2. The van der Waals surface area contributed by atoms with Crippen LogP contribution in [0.2, 0.25) is 0 Å². The first-order valence-electron chi connectivity index (χ1n) is 11.0. The summed E-state index contributed by atoms with van der Waals surface area (Å²) in [4.78, 5) is 29.3. The summed E-state index contributed by atoms with van der Waals surface area (Å²) in [5.74, 6) is -0.539. The van der Waals surface area contributed by atoms with Crippen molar-refractivity contribution in [3.8, 4) is 0 Å². The molecule has 0 saturated heterocycles. The first kappa shape index (κ1) is 24.3. The number of esters is 1. The standard InChI is InChI=1S/C28H26N4O2/c1-3-34-28(33)27(32-21-30-19-24-12-8-5-9-13-24)17-25-16-26(15-14-22(25)2)31-20-29-18-23-10-6-4-7-11-23/h4-17H,3,18-19H2,1-2H3/b27-17-. The second-order valence-corrected chi connectivity index (χ2v) is 7.32. The Kier molecular flexibility index (Phi) is 9.45. The van der Waals surface area contributed by atoms with E-state index in [1.807, 2.05) is 85.8 Å². The minimum Gasteiger partial charge on any atom is -0.461 e. The zero-order valence-corrected chi connectivity index (χ0v) is 19.3. The Morgan fingerprint density at radius 2 is 1.50 bits per heavy atom. The lowest BCUT2D eigenvalue weighted by Crippen LogP contribution is -2.06. The summed E-state index contributed by atoms with van der Waals surface area (Å²) in [6.07, 6.45) is 1.65. The highest BCUT2D eigenvalue weighted by atomic mass is 16.5. The number of ether oxygens (including phenoxy) is 1. The van der Waals surface area contributed by atoms with E-state index < -0.39 is 5.97 Å². The first-order chi connectivity index (χ1) is 16.7. The molecule has 0 N–H and O–H groups in total. The van der Waals surface area contributed by atoms with E-state index >= 15 is 0 Å². The smallest absolute Gasteiger partial charge is 0.357 e. The van der Waals surface area contributed by atoms with Gasteiger partial charge in [-0.1, -0.05) is 66.7 Å². The van der Waals surface area contributed by atoms with Crippen LogP contribution in [0.25, 0.3) is 6.08 Å². The van der Waals surface area contributed by atoms with Gasteiger partial charge in [0.25, 0.3) is 0 Å². The zero-order chi connectivity index (χ0) is 24.0. The Balaban J connectivity index is 1.81. The maximum Gasteiger partial charge on any atom is 0.357 e. The number of nitrogens with zero attached hydrogens (tertiary/aromatic N) is 4. The topological polar surface area (TPSA) is 75.7 Å². The molecule has 0 aliphatic carbocycles. The molecule has 3 aromatic rings. The number of aryl methyl sites for hydroxylation is 1. The summed E-state index contributed by atoms with van der Waals surface area (Å²) in [7, 11) is 0. The molecule has 6 heteroatoms. The van der Waals surface area contributed by atoms with Gasteiger partial charge in [-0.05, 0) is 54.3 Å². The van der Waals surface area contributed by atoms with Crippen molar-refractivity contribution in [1.82, 2.24) is 0 Å². The highest BCUT2D eigenvalue weighted by molar-refractivity contribution is 5.94. The van der Waals surface area contributed by atoms with Crippen LogP contribution in [-0.2, 0) is 22.6 Å². The van der Waals surface area contributed by atoms with Gasteiger partial charge >= 0.3 is 5.97 Å². The summed E-state index contributed by atoms with van der Waals surface area (Å²) in [5.41, 5.74) is 4.63. The zero-order valence-electron chi connectivity index (χ0n) is 19.3. The van der Waals surface area contributed by atoms with Crippen LogP contribution in [0, 0.1) is 6.92 Å². The maximum atomic E-state index is 12.4. The molecule has 0 amide bonds. The third-order valence-corrected chi connectivity index (χ3v) is 4.74. The molecule has 0 atom stereocenters. The fourth-order valence-electron chi connectivity index (χ4n) is 2.94. The molecule has 0 bridgehead atoms. The van der Waals surface area contributed by atoms with Crippen LogP contribution in [-0.4, -0.2) is 24.6 Å². The van der Waals surface area contributed by atoms with E-state index in [-0.39, 0.29) is 12.3 Å². The summed E-state index contributed by atoms with van der Waals surface area (Å²) >= 11 is 0. The fourth-order valence-corrected chi connectivity index (χ4v) is 2.94. The van der Waals surface area contributed by atoms with Crippen molar-refractivity contribution >= 4 is 29.7 Å². The third kappa shape index (κ3) is 7.95. The number of aliphatic imine (C=N–C) groups is 4. The molecule has 0 fully saturated rings. The molecule has 3 aromatic carbocycles. The van der Waals surface area contributed by atoms with Crippen molar-refractivity contribution in [3.05, 3.63) is 107 Å². The summed E-state index contributed by atoms with van der Waals surface area (Å²) in [6.45, 7) is 4.87. The van der Waals surface area contributed by atoms with Gasteiger partial charge in [0, 0.05) is 0 Å². The van der Waals surface area contributed by atoms with Gasteiger partial charge < -0.3 is 4.74 Å². The average molecular weight is 451 g/mol. The van der Waals surface area contributed by atoms with Crippen molar-refractivity contribution < 1.29 is 9.53 Å². The quantitative estimate of drug-likeness (QED) is 0.219. The van der Waals surface area contributed by atoms with E-state index in [2.05, 4.69) is 32.0 Å². The number of hydrogen-bond acceptors (Lipinski definition) is 6. The molecule has 6 nitrogen and oxygen atoms in total. The largest absolute Gasteiger partial charge is 0.461 e. The minimum atomic E-state index is -0.539. The summed E-state index contributed by atoms with van der Waals surface area (Å²) in [6, 6.07) is 30.6. The number of rotatable bonds is 9. The molecule has 170 valence electrons. The molecule has 0 unspecified atom stereocenters. The Morgan fingerprint density at radius 3 is 2.12 bits per heavy atom. The Morgan fingerprint density at radius 1 is 0.882 bits per heavy atom. The number of hydrogen-bond donors (Lipinski definition) is 0. The highest BCUT2D eigenvalue weighted by Gasteiger charge is 2.10. The minimum absolute atomic E-state index is 0.112. The van der Waals surface area contributed by atoms with Gasteiger partial charge in [-0.15, -0.1) is 0 Å². The Hall–Kier alpha value is -4.37. The second-order valence-electron chi connectivity index (χ2n) is 7.32. The van der Waals surface area contributed by atoms with E-state index in [0.29, 0.717) is 18.8 Å². The van der Waals surface area contributed by atoms with E-state index in [4.69, 9.17) is 4.74 Å². The Labute approximate surface area is 199 Å². The highest BCUT2D eigenvalue weighted by Crippen LogP contribution is 2.21. The molecule has 0 saturated carbocycles. The van der Waals surface area contributed by atoms with Gasteiger partial charge in [0.15, 0.2) is 5.70 Å². The molecule has 0 aromatic heterocycles. The van der Waals surface area contributed by atoms with Gasteiger partial charge in [-0.2, -0.15) is 9.98 Å². The lowest BCUT2D eigenvalue weighted by atomic mass is 10.1. The van der Waals surface area contributed by atoms with Crippen LogP contribution in [0.15, 0.2) is 105 Å². The van der Waals surface area contributed by atoms with Gasteiger partial charge in [0.2, 0.25) is 0 Å². The van der Waals surface area contributed by atoms with Crippen LogP contribution in [0.3, 0.4) is 0 Å². The van der Waals surface area contributed by atoms with Crippen molar-refractivity contribution in [3.63, 3.8) is 0 Å². The van der Waals surface area contributed by atoms with Crippen LogP contribution in [0.4, 0.5) is 5.69 Å². The predicted molar refractivity (Wildman–Crippen MR) is 135 cm³/mol. The van der Waals surface area contributed by atoms with Gasteiger partial charge in [0.1, 0.15) is 0 Å². The SMILES string of the molecule is CCOC(=O)/C(=C/c1cc(N=C=NCc2ccccc2)ccc1C)N=C=NCc1ccccc1. The van der Waals surface area contributed by atoms with Crippen LogP contribution < -0.4 is 0 Å². The third-order valence-electron chi connectivity index (χ3n) is 4.74. The van der Waals surface area contributed by atoms with Crippen LogP contribution >= 0.6 is 0 Å². The van der Waals surface area contributed by atoms with E-state index in [0.717, 1.165) is 22.3 Å². The monoisotopic (exact) mass is 450 g/mol. The molecular weight excluding hydrogens is 424 g/mol. The van der Waals surface area contributed by atoms with E-state index in [1.165, 1.54) is 0 Å². The molecular formula is C28H26N4O2.